The molecule has 0 saturated carbocycles. The van der Waals surface area contributed by atoms with Crippen molar-refractivity contribution in [3.05, 3.63) is 11.6 Å². The van der Waals surface area contributed by atoms with E-state index >= 15 is 0 Å². The van der Waals surface area contributed by atoms with Crippen molar-refractivity contribution in [2.45, 2.75) is 65.2 Å². The van der Waals surface area contributed by atoms with Crippen LogP contribution in [0.3, 0.4) is 0 Å². The van der Waals surface area contributed by atoms with Gasteiger partial charge in [0.1, 0.15) is 0 Å². The second kappa shape index (κ2) is 9.95. The molecule has 0 fully saturated rings. The maximum Gasteiger partial charge on any atom is 0.0855 e. The second-order valence-electron chi connectivity index (χ2n) is 5.68. The maximum atomic E-state index is 11.6. The van der Waals surface area contributed by atoms with E-state index in [9.17, 15) is 4.57 Å². The number of hydrogen-bond acceptors (Lipinski definition) is 1. The fourth-order valence-corrected chi connectivity index (χ4v) is 2.59. The lowest BCUT2D eigenvalue weighted by atomic mass is 10.1. The molecule has 0 aromatic rings. The lowest BCUT2D eigenvalue weighted by Gasteiger charge is -2.05. The average molecular weight is 258 g/mol. The summed E-state index contributed by atoms with van der Waals surface area (Å²) in [4.78, 5) is 0. The second-order valence-corrected chi connectivity index (χ2v) is 9.19. The molecule has 1 nitrogen and oxygen atoms in total. The van der Waals surface area contributed by atoms with Gasteiger partial charge in [0.15, 0.2) is 0 Å². The van der Waals surface area contributed by atoms with Crippen LogP contribution >= 0.6 is 7.14 Å². The highest BCUT2D eigenvalue weighted by Gasteiger charge is 2.03. The van der Waals surface area contributed by atoms with Gasteiger partial charge >= 0.3 is 0 Å². The Morgan fingerprint density at radius 1 is 1.00 bits per heavy atom. The van der Waals surface area contributed by atoms with Gasteiger partial charge in [-0.05, 0) is 33.1 Å². The lowest BCUT2D eigenvalue weighted by molar-refractivity contribution is 0.583. The van der Waals surface area contributed by atoms with E-state index in [4.69, 9.17) is 0 Å². The van der Waals surface area contributed by atoms with E-state index in [1.807, 2.05) is 13.3 Å². The Labute approximate surface area is 108 Å². The predicted molar refractivity (Wildman–Crippen MR) is 80.7 cm³/mol. The smallest absolute Gasteiger partial charge is 0.0855 e. The normalized spacial score (nSPS) is 13.1. The topological polar surface area (TPSA) is 17.1 Å². The first-order valence-electron chi connectivity index (χ1n) is 7.15. The summed E-state index contributed by atoms with van der Waals surface area (Å²) in [5, 5.41) is 0. The van der Waals surface area contributed by atoms with Crippen LogP contribution in [0.4, 0.5) is 0 Å². The molecule has 0 unspecified atom stereocenters. The van der Waals surface area contributed by atoms with Crippen LogP contribution < -0.4 is 0 Å². The lowest BCUT2D eigenvalue weighted by Crippen LogP contribution is -1.86. The van der Waals surface area contributed by atoms with Crippen LogP contribution in [0.1, 0.15) is 65.2 Å². The molecular weight excluding hydrogens is 227 g/mol. The minimum absolute atomic E-state index is 0.773. The summed E-state index contributed by atoms with van der Waals surface area (Å²) in [7, 11) is -1.85. The quantitative estimate of drug-likeness (QED) is 0.279. The maximum absolute atomic E-state index is 11.6. The van der Waals surface area contributed by atoms with Crippen molar-refractivity contribution >= 4 is 7.14 Å². The molecule has 0 rings (SSSR count). The Morgan fingerprint density at radius 3 is 2.06 bits per heavy atom. The third-order valence-corrected chi connectivity index (χ3v) is 4.12. The molecular formula is C15H31OP. The molecule has 17 heavy (non-hydrogen) atoms. The van der Waals surface area contributed by atoms with Crippen LogP contribution in [0.5, 0.6) is 0 Å². The van der Waals surface area contributed by atoms with E-state index < -0.39 is 7.14 Å². The van der Waals surface area contributed by atoms with Gasteiger partial charge in [0.05, 0.1) is 7.14 Å². The molecule has 0 N–H and O–H groups in total. The molecule has 0 atom stereocenters. The molecule has 0 saturated heterocycles. The van der Waals surface area contributed by atoms with Crippen LogP contribution in [-0.2, 0) is 4.57 Å². The fourth-order valence-electron chi connectivity index (χ4n) is 1.84. The third kappa shape index (κ3) is 13.9. The van der Waals surface area contributed by atoms with Crippen LogP contribution in [-0.4, -0.2) is 19.5 Å². The highest BCUT2D eigenvalue weighted by molar-refractivity contribution is 7.62. The summed E-state index contributed by atoms with van der Waals surface area (Å²) >= 11 is 0. The molecule has 0 aromatic carbocycles. The highest BCUT2D eigenvalue weighted by Crippen LogP contribution is 2.36. The minimum Gasteiger partial charge on any atom is -0.324 e. The standard InChI is InChI=1S/C15H31OP/c1-5-6-7-8-9-10-11-12-15(2)13-14-17(3,4)16/h13H,5-12,14H2,1-4H3. The number of unbranched alkanes of at least 4 members (excludes halogenated alkanes) is 6. The molecule has 0 aromatic heterocycles. The van der Waals surface area contributed by atoms with Gasteiger partial charge in [0, 0.05) is 6.16 Å². The monoisotopic (exact) mass is 258 g/mol. The zero-order valence-electron chi connectivity index (χ0n) is 12.3. The molecule has 0 aliphatic heterocycles. The minimum atomic E-state index is -1.85. The number of rotatable bonds is 10. The Morgan fingerprint density at radius 2 is 1.53 bits per heavy atom. The van der Waals surface area contributed by atoms with E-state index in [1.165, 1.54) is 56.9 Å². The molecule has 0 radical (unpaired) electrons. The first kappa shape index (κ1) is 17.0. The zero-order valence-corrected chi connectivity index (χ0v) is 13.2. The molecule has 0 bridgehead atoms. The van der Waals surface area contributed by atoms with Crippen molar-refractivity contribution in [1.82, 2.24) is 0 Å². The average Bonchev–Trinajstić information content (AvgIpc) is 2.24. The highest BCUT2D eigenvalue weighted by atomic mass is 31.2. The van der Waals surface area contributed by atoms with Gasteiger partial charge in [-0.2, -0.15) is 0 Å². The Bertz CT molecular complexity index is 250. The van der Waals surface area contributed by atoms with Gasteiger partial charge in [-0.25, -0.2) is 0 Å². The van der Waals surface area contributed by atoms with E-state index in [-0.39, 0.29) is 0 Å². The summed E-state index contributed by atoms with van der Waals surface area (Å²) in [6.45, 7) is 8.16. The van der Waals surface area contributed by atoms with E-state index in [1.54, 1.807) is 0 Å². The zero-order chi connectivity index (χ0) is 13.1. The van der Waals surface area contributed by atoms with Gasteiger partial charge in [-0.15, -0.1) is 0 Å². The Hall–Kier alpha value is -0.0300. The first-order chi connectivity index (χ1) is 7.95. The van der Waals surface area contributed by atoms with Gasteiger partial charge in [-0.3, -0.25) is 0 Å². The van der Waals surface area contributed by atoms with Crippen molar-refractivity contribution in [3.8, 4) is 0 Å². The number of hydrogen-bond donors (Lipinski definition) is 0. The van der Waals surface area contributed by atoms with Crippen molar-refractivity contribution < 1.29 is 4.57 Å². The van der Waals surface area contributed by atoms with Crippen molar-refractivity contribution in [3.63, 3.8) is 0 Å². The first-order valence-corrected chi connectivity index (χ1v) is 9.94. The van der Waals surface area contributed by atoms with Gasteiger partial charge < -0.3 is 4.57 Å². The molecule has 0 amide bonds. The third-order valence-electron chi connectivity index (χ3n) is 3.05. The fraction of sp³-hybridized carbons (Fsp3) is 0.867. The molecule has 0 heterocycles. The van der Waals surface area contributed by atoms with Gasteiger partial charge in [0.25, 0.3) is 0 Å². The Balaban J connectivity index is 3.45. The SMILES string of the molecule is CCCCCCCCCC(C)=CCP(C)(C)=O. The van der Waals surface area contributed by atoms with Crippen molar-refractivity contribution in [1.29, 1.82) is 0 Å². The molecule has 0 spiro atoms. The van der Waals surface area contributed by atoms with Gasteiger partial charge in [-0.1, -0.05) is 57.1 Å². The van der Waals surface area contributed by atoms with E-state index in [0.717, 1.165) is 6.16 Å². The molecule has 0 aliphatic rings. The summed E-state index contributed by atoms with van der Waals surface area (Å²) < 4.78 is 11.6. The summed E-state index contributed by atoms with van der Waals surface area (Å²) in [5.74, 6) is 0. The van der Waals surface area contributed by atoms with Crippen LogP contribution in [0, 0.1) is 0 Å². The Kier molecular flexibility index (Phi) is 9.93. The summed E-state index contributed by atoms with van der Waals surface area (Å²) in [6, 6.07) is 0. The molecule has 0 aliphatic carbocycles. The van der Waals surface area contributed by atoms with Crippen LogP contribution in [0.25, 0.3) is 0 Å². The van der Waals surface area contributed by atoms with E-state index in [2.05, 4.69) is 19.9 Å². The van der Waals surface area contributed by atoms with Crippen molar-refractivity contribution in [2.24, 2.45) is 0 Å². The number of allylic oxidation sites excluding steroid dienone is 2. The summed E-state index contributed by atoms with van der Waals surface area (Å²) in [5.41, 5.74) is 1.42. The van der Waals surface area contributed by atoms with Crippen LogP contribution in [0.15, 0.2) is 11.6 Å². The van der Waals surface area contributed by atoms with E-state index in [0.29, 0.717) is 0 Å². The summed E-state index contributed by atoms with van der Waals surface area (Å²) in [6.07, 6.45) is 13.7. The predicted octanol–water partition coefficient (Wildman–Crippen LogP) is 5.70. The van der Waals surface area contributed by atoms with Gasteiger partial charge in [0.2, 0.25) is 0 Å². The largest absolute Gasteiger partial charge is 0.324 e. The van der Waals surface area contributed by atoms with Crippen LogP contribution in [0.2, 0.25) is 0 Å². The molecule has 2 heteroatoms. The molecule has 102 valence electrons. The van der Waals surface area contributed by atoms with Crippen molar-refractivity contribution in [2.75, 3.05) is 19.5 Å².